The zero-order valence-electron chi connectivity index (χ0n) is 15.6. The van der Waals surface area contributed by atoms with Crippen LogP contribution in [0.25, 0.3) is 22.0 Å². The second-order valence-electron chi connectivity index (χ2n) is 6.46. The monoisotopic (exact) mass is 377 g/mol. The molecule has 142 valence electrons. The quantitative estimate of drug-likeness (QED) is 0.391. The van der Waals surface area contributed by atoms with Gasteiger partial charge in [-0.25, -0.2) is 14.3 Å². The van der Waals surface area contributed by atoms with E-state index in [1.807, 2.05) is 32.0 Å². The summed E-state index contributed by atoms with van der Waals surface area (Å²) >= 11 is 0. The van der Waals surface area contributed by atoms with Gasteiger partial charge in [-0.15, -0.1) is 5.10 Å². The highest BCUT2D eigenvalue weighted by Crippen LogP contribution is 2.21. The number of aryl methyl sites for hydroxylation is 2. The summed E-state index contributed by atoms with van der Waals surface area (Å²) in [6.45, 7) is 4.68. The Morgan fingerprint density at radius 2 is 2.00 bits per heavy atom. The summed E-state index contributed by atoms with van der Waals surface area (Å²) in [6, 6.07) is 12.2. The van der Waals surface area contributed by atoms with E-state index in [1.54, 1.807) is 22.9 Å². The first-order valence-corrected chi connectivity index (χ1v) is 9.15. The average molecular weight is 377 g/mol. The summed E-state index contributed by atoms with van der Waals surface area (Å²) in [4.78, 5) is 24.4. The Kier molecular flexibility index (Phi) is 4.65. The van der Waals surface area contributed by atoms with E-state index >= 15 is 0 Å². The van der Waals surface area contributed by atoms with Crippen LogP contribution in [-0.2, 0) is 24.3 Å². The maximum atomic E-state index is 12.5. The minimum Gasteiger partial charge on any atom is -0.457 e. The fraction of sp³-hybridized carbons (Fsp3) is 0.238. The van der Waals surface area contributed by atoms with Gasteiger partial charge < -0.3 is 9.15 Å². The van der Waals surface area contributed by atoms with Crippen LogP contribution in [-0.4, -0.2) is 21.0 Å². The molecule has 0 fully saturated rings. The molecule has 0 radical (unpaired) electrons. The minimum absolute atomic E-state index is 0.0217. The molecule has 28 heavy (non-hydrogen) atoms. The second kappa shape index (κ2) is 7.26. The Labute approximate surface area is 160 Å². The molecule has 4 rings (SSSR count). The minimum atomic E-state index is -0.487. The SMILES string of the molecule is CCc1ccc2c(COC(=O)c3ccc4c(c3)nnn4CC)cc(=O)oc2c1. The van der Waals surface area contributed by atoms with E-state index in [0.29, 0.717) is 28.8 Å². The molecule has 7 heteroatoms. The molecular weight excluding hydrogens is 358 g/mol. The lowest BCUT2D eigenvalue weighted by atomic mass is 10.1. The topological polar surface area (TPSA) is 87.2 Å². The highest BCUT2D eigenvalue weighted by atomic mass is 16.5. The van der Waals surface area contributed by atoms with E-state index in [0.717, 1.165) is 22.9 Å². The first-order valence-electron chi connectivity index (χ1n) is 9.15. The van der Waals surface area contributed by atoms with E-state index in [4.69, 9.17) is 9.15 Å². The van der Waals surface area contributed by atoms with Crippen LogP contribution < -0.4 is 5.63 Å². The number of fused-ring (bicyclic) bond motifs is 2. The largest absolute Gasteiger partial charge is 0.457 e. The Balaban J connectivity index is 1.59. The fourth-order valence-corrected chi connectivity index (χ4v) is 3.17. The van der Waals surface area contributed by atoms with E-state index in [1.165, 1.54) is 6.07 Å². The van der Waals surface area contributed by atoms with Gasteiger partial charge >= 0.3 is 11.6 Å². The maximum absolute atomic E-state index is 12.5. The van der Waals surface area contributed by atoms with Crippen LogP contribution >= 0.6 is 0 Å². The van der Waals surface area contributed by atoms with E-state index in [2.05, 4.69) is 10.3 Å². The van der Waals surface area contributed by atoms with Crippen molar-refractivity contribution >= 4 is 28.0 Å². The molecule has 0 N–H and O–H groups in total. The first-order chi connectivity index (χ1) is 13.6. The van der Waals surface area contributed by atoms with Crippen molar-refractivity contribution < 1.29 is 13.9 Å². The molecule has 0 aliphatic carbocycles. The fourth-order valence-electron chi connectivity index (χ4n) is 3.17. The third-order valence-corrected chi connectivity index (χ3v) is 4.71. The van der Waals surface area contributed by atoms with Crippen LogP contribution in [0.3, 0.4) is 0 Å². The lowest BCUT2D eigenvalue weighted by Crippen LogP contribution is -2.08. The molecule has 0 atom stereocenters. The number of rotatable bonds is 5. The summed E-state index contributed by atoms with van der Waals surface area (Å²) in [5, 5.41) is 8.86. The van der Waals surface area contributed by atoms with Crippen LogP contribution in [0.15, 0.2) is 51.7 Å². The Morgan fingerprint density at radius 3 is 2.79 bits per heavy atom. The van der Waals surface area contributed by atoms with Crippen LogP contribution in [0.4, 0.5) is 0 Å². The lowest BCUT2D eigenvalue weighted by molar-refractivity contribution is 0.0474. The summed E-state index contributed by atoms with van der Waals surface area (Å²) in [5.41, 5.74) is 3.58. The van der Waals surface area contributed by atoms with Crippen molar-refractivity contribution in [1.82, 2.24) is 15.0 Å². The molecular formula is C21H19N3O4. The predicted molar refractivity (Wildman–Crippen MR) is 104 cm³/mol. The lowest BCUT2D eigenvalue weighted by Gasteiger charge is -2.08. The summed E-state index contributed by atoms with van der Waals surface area (Å²) in [6.07, 6.45) is 0.837. The molecule has 0 aliphatic rings. The van der Waals surface area contributed by atoms with Gasteiger partial charge in [-0.3, -0.25) is 0 Å². The number of hydrogen-bond donors (Lipinski definition) is 0. The van der Waals surface area contributed by atoms with Crippen molar-refractivity contribution in [1.29, 1.82) is 0 Å². The average Bonchev–Trinajstić information content (AvgIpc) is 3.13. The van der Waals surface area contributed by atoms with Crippen LogP contribution in [0.1, 0.15) is 35.3 Å². The molecule has 2 aromatic heterocycles. The number of ether oxygens (including phenoxy) is 1. The van der Waals surface area contributed by atoms with E-state index < -0.39 is 11.6 Å². The Morgan fingerprint density at radius 1 is 1.14 bits per heavy atom. The molecule has 2 aromatic carbocycles. The number of esters is 1. The predicted octanol–water partition coefficient (Wildman–Crippen LogP) is 3.48. The van der Waals surface area contributed by atoms with Crippen molar-refractivity contribution in [3.05, 3.63) is 69.6 Å². The number of aromatic nitrogens is 3. The summed E-state index contributed by atoms with van der Waals surface area (Å²) < 4.78 is 12.5. The second-order valence-corrected chi connectivity index (χ2v) is 6.46. The van der Waals surface area contributed by atoms with Gasteiger partial charge in [-0.2, -0.15) is 0 Å². The maximum Gasteiger partial charge on any atom is 0.338 e. The van der Waals surface area contributed by atoms with Crippen LogP contribution in [0.2, 0.25) is 0 Å². The number of hydrogen-bond acceptors (Lipinski definition) is 6. The Hall–Kier alpha value is -3.48. The normalized spacial score (nSPS) is 11.2. The van der Waals surface area contributed by atoms with Gasteiger partial charge in [0.1, 0.15) is 17.7 Å². The Bertz CT molecular complexity index is 1240. The van der Waals surface area contributed by atoms with E-state index in [9.17, 15) is 9.59 Å². The standard InChI is InChI=1S/C21H19N3O4/c1-3-13-5-7-16-15(11-20(25)28-19(16)9-13)12-27-21(26)14-6-8-18-17(10-14)22-23-24(18)4-2/h5-11H,3-4,12H2,1-2H3. The van der Waals surface area contributed by atoms with Gasteiger partial charge in [0.15, 0.2) is 0 Å². The number of carbonyl (C=O) groups is 1. The van der Waals surface area contributed by atoms with Gasteiger partial charge in [0.2, 0.25) is 0 Å². The molecule has 0 bridgehead atoms. The van der Waals surface area contributed by atoms with Gasteiger partial charge in [0.25, 0.3) is 0 Å². The molecule has 0 saturated carbocycles. The van der Waals surface area contributed by atoms with Crippen molar-refractivity contribution in [2.75, 3.05) is 0 Å². The molecule has 0 aliphatic heterocycles. The van der Waals surface area contributed by atoms with Crippen molar-refractivity contribution in [3.63, 3.8) is 0 Å². The molecule has 0 amide bonds. The van der Waals surface area contributed by atoms with Crippen molar-refractivity contribution in [3.8, 4) is 0 Å². The zero-order chi connectivity index (χ0) is 19.7. The third kappa shape index (κ3) is 3.26. The van der Waals surface area contributed by atoms with Gasteiger partial charge in [-0.05, 0) is 43.2 Å². The molecule has 0 unspecified atom stereocenters. The van der Waals surface area contributed by atoms with E-state index in [-0.39, 0.29) is 6.61 Å². The van der Waals surface area contributed by atoms with Crippen LogP contribution in [0.5, 0.6) is 0 Å². The molecule has 0 spiro atoms. The number of nitrogens with zero attached hydrogens (tertiary/aromatic N) is 3. The molecule has 7 nitrogen and oxygen atoms in total. The highest BCUT2D eigenvalue weighted by molar-refractivity contribution is 5.93. The zero-order valence-corrected chi connectivity index (χ0v) is 15.6. The number of carbonyl (C=O) groups excluding carboxylic acids is 1. The molecule has 4 aromatic rings. The number of benzene rings is 2. The van der Waals surface area contributed by atoms with Gasteiger partial charge in [0, 0.05) is 23.6 Å². The third-order valence-electron chi connectivity index (χ3n) is 4.71. The highest BCUT2D eigenvalue weighted by Gasteiger charge is 2.13. The molecule has 2 heterocycles. The van der Waals surface area contributed by atoms with Gasteiger partial charge in [0.05, 0.1) is 11.1 Å². The first kappa shape index (κ1) is 17.9. The smallest absolute Gasteiger partial charge is 0.338 e. The molecule has 0 saturated heterocycles. The van der Waals surface area contributed by atoms with Crippen LogP contribution in [0, 0.1) is 0 Å². The van der Waals surface area contributed by atoms with Gasteiger partial charge in [-0.1, -0.05) is 24.3 Å². The van der Waals surface area contributed by atoms with Crippen molar-refractivity contribution in [2.24, 2.45) is 0 Å². The summed E-state index contributed by atoms with van der Waals surface area (Å²) in [7, 11) is 0. The summed E-state index contributed by atoms with van der Waals surface area (Å²) in [5.74, 6) is -0.487. The van der Waals surface area contributed by atoms with Crippen molar-refractivity contribution in [2.45, 2.75) is 33.4 Å².